The molecule has 154 valence electrons. The van der Waals surface area contributed by atoms with Crippen molar-refractivity contribution in [1.82, 2.24) is 14.8 Å². The predicted molar refractivity (Wildman–Crippen MR) is 102 cm³/mol. The minimum atomic E-state index is -1.01. The summed E-state index contributed by atoms with van der Waals surface area (Å²) in [6, 6.07) is 2.70. The zero-order valence-corrected chi connectivity index (χ0v) is 15.3. The molecular weight excluding hydrogens is 411 g/mol. The summed E-state index contributed by atoms with van der Waals surface area (Å²) in [6.07, 6.45) is 0.617. The molecule has 0 aliphatic carbocycles. The number of hydrogen-bond donors (Lipinski definition) is 2. The zero-order chi connectivity index (χ0) is 20.9. The topological polar surface area (TPSA) is 101 Å². The van der Waals surface area contributed by atoms with Crippen LogP contribution in [-0.2, 0) is 17.8 Å². The number of nitrogens with zero attached hydrogens (tertiary/aromatic N) is 2. The van der Waals surface area contributed by atoms with Crippen LogP contribution in [0.25, 0.3) is 0 Å². The Hall–Kier alpha value is -2.27. The van der Waals surface area contributed by atoms with Crippen molar-refractivity contribution in [2.75, 3.05) is 6.61 Å². The first-order valence-electron chi connectivity index (χ1n) is 8.90. The van der Waals surface area contributed by atoms with E-state index < -0.39 is 46.4 Å². The van der Waals surface area contributed by atoms with E-state index in [2.05, 4.69) is 5.32 Å². The molecule has 0 bridgehead atoms. The van der Waals surface area contributed by atoms with Gasteiger partial charge in [-0.1, -0.05) is 6.07 Å². The van der Waals surface area contributed by atoms with E-state index in [0.29, 0.717) is 12.7 Å². The molecule has 2 aromatic rings. The Morgan fingerprint density at radius 3 is 2.77 bits per heavy atom. The van der Waals surface area contributed by atoms with Gasteiger partial charge >= 0.3 is 29.6 Å². The van der Waals surface area contributed by atoms with Crippen LogP contribution < -0.4 is 10.7 Å². The number of carbonyl (C=O) groups excluding carboxylic acids is 2. The van der Waals surface area contributed by atoms with Gasteiger partial charge in [-0.25, -0.2) is 8.78 Å². The second-order valence-corrected chi connectivity index (χ2v) is 6.99. The predicted octanol–water partition coefficient (Wildman–Crippen LogP) is 0.314. The first-order valence-corrected chi connectivity index (χ1v) is 8.90. The molecule has 0 unspecified atom stereocenters. The summed E-state index contributed by atoms with van der Waals surface area (Å²) < 4.78 is 33.6. The molecule has 1 saturated heterocycles. The second-order valence-electron chi connectivity index (χ2n) is 6.99. The molecule has 1 aromatic carbocycles. The third-order valence-electron chi connectivity index (χ3n) is 5.06. The normalized spacial score (nSPS) is 19.7. The van der Waals surface area contributed by atoms with Gasteiger partial charge < -0.3 is 24.6 Å². The third-order valence-corrected chi connectivity index (χ3v) is 5.06. The van der Waals surface area contributed by atoms with Crippen LogP contribution in [0.15, 0.2) is 29.2 Å². The monoisotopic (exact) mass is 429 g/mol. The van der Waals surface area contributed by atoms with E-state index >= 15 is 0 Å². The number of rotatable bonds is 3. The van der Waals surface area contributed by atoms with E-state index in [1.54, 1.807) is 6.92 Å². The zero-order valence-electron chi connectivity index (χ0n) is 15.3. The summed E-state index contributed by atoms with van der Waals surface area (Å²) in [7, 11) is 0. The molecule has 1 fully saturated rings. The Balaban J connectivity index is 0.00000256. The van der Waals surface area contributed by atoms with Crippen LogP contribution in [0.5, 0.6) is 5.75 Å². The van der Waals surface area contributed by atoms with Gasteiger partial charge in [-0.15, -0.1) is 0 Å². The van der Waals surface area contributed by atoms with E-state index in [9.17, 15) is 28.3 Å². The molecule has 4 rings (SSSR count). The molecule has 2 amide bonds. The summed E-state index contributed by atoms with van der Waals surface area (Å²) >= 11 is 0. The number of halogens is 2. The summed E-state index contributed by atoms with van der Waals surface area (Å²) in [5.74, 6) is -3.83. The van der Waals surface area contributed by atoms with Gasteiger partial charge in [0.1, 0.15) is 17.2 Å². The number of benzene rings is 1. The first kappa shape index (κ1) is 22.4. The Morgan fingerprint density at radius 1 is 1.33 bits per heavy atom. The van der Waals surface area contributed by atoms with Crippen molar-refractivity contribution in [2.45, 2.75) is 32.3 Å². The number of pyridine rings is 1. The van der Waals surface area contributed by atoms with Gasteiger partial charge in [0.25, 0.3) is 11.8 Å². The number of amides is 2. The van der Waals surface area contributed by atoms with Gasteiger partial charge in [-0.2, -0.15) is 0 Å². The Morgan fingerprint density at radius 2 is 2.07 bits per heavy atom. The molecule has 0 saturated carbocycles. The molecule has 2 aliphatic heterocycles. The van der Waals surface area contributed by atoms with Crippen LogP contribution in [-0.4, -0.2) is 74.8 Å². The summed E-state index contributed by atoms with van der Waals surface area (Å²) in [5.41, 5.74) is -1.58. The van der Waals surface area contributed by atoms with Crippen LogP contribution in [0.2, 0.25) is 0 Å². The standard InChI is InChI=1S/C19H17F2N3O5.Na.H/c1-9-8-29-14-7-23-6-12(16(25)17(26)15(23)19(28)24(9)14)18(27)22-5-10-2-3-11(20)4-13(10)21;;/h2-4,6,9,14,26H,5,7-8H2,1H3,(H,22,27);;/t9-,14+;;/m1../s1. The molecule has 2 N–H and O–H groups in total. The minimum absolute atomic E-state index is 0. The van der Waals surface area contributed by atoms with Gasteiger partial charge in [0.2, 0.25) is 5.43 Å². The SMILES string of the molecule is C[C@@H]1CO[C@H]2Cn3cc(C(=O)NCc4ccc(F)cc4F)c(=O)c(O)c3C(=O)N12.[NaH]. The van der Waals surface area contributed by atoms with Crippen molar-refractivity contribution < 1.29 is 28.2 Å². The number of aromatic nitrogens is 1. The number of ether oxygens (including phenoxy) is 1. The molecule has 8 nitrogen and oxygen atoms in total. The van der Waals surface area contributed by atoms with Gasteiger partial charge in [0, 0.05) is 24.4 Å². The Labute approximate surface area is 191 Å². The molecule has 30 heavy (non-hydrogen) atoms. The first-order chi connectivity index (χ1) is 13.8. The van der Waals surface area contributed by atoms with Crippen molar-refractivity contribution in [2.24, 2.45) is 0 Å². The van der Waals surface area contributed by atoms with Gasteiger partial charge in [0.05, 0.1) is 19.2 Å². The van der Waals surface area contributed by atoms with E-state index in [1.165, 1.54) is 21.7 Å². The molecule has 3 heterocycles. The Bertz CT molecular complexity index is 1090. The van der Waals surface area contributed by atoms with Crippen LogP contribution in [0.3, 0.4) is 0 Å². The van der Waals surface area contributed by atoms with E-state index in [4.69, 9.17) is 4.74 Å². The van der Waals surface area contributed by atoms with Crippen LogP contribution in [0.4, 0.5) is 8.78 Å². The average molecular weight is 429 g/mol. The molecule has 2 aliphatic rings. The van der Waals surface area contributed by atoms with Gasteiger partial charge in [-0.3, -0.25) is 14.4 Å². The molecule has 1 aromatic heterocycles. The second kappa shape index (κ2) is 8.46. The maximum atomic E-state index is 13.7. The summed E-state index contributed by atoms with van der Waals surface area (Å²) in [6.45, 7) is 1.97. The van der Waals surface area contributed by atoms with Gasteiger partial charge in [-0.05, 0) is 13.0 Å². The number of carbonyl (C=O) groups is 2. The molecular formula is C19H18F2N3NaO5. The van der Waals surface area contributed by atoms with Crippen molar-refractivity contribution >= 4 is 41.4 Å². The van der Waals surface area contributed by atoms with Crippen LogP contribution >= 0.6 is 0 Å². The van der Waals surface area contributed by atoms with Crippen molar-refractivity contribution in [1.29, 1.82) is 0 Å². The quantitative estimate of drug-likeness (QED) is 0.685. The Kier molecular flexibility index (Phi) is 6.32. The van der Waals surface area contributed by atoms with E-state index in [-0.39, 0.29) is 59.9 Å². The summed E-state index contributed by atoms with van der Waals surface area (Å²) in [5, 5.41) is 12.7. The van der Waals surface area contributed by atoms with Crippen LogP contribution in [0.1, 0.15) is 33.3 Å². The van der Waals surface area contributed by atoms with Crippen molar-refractivity contribution in [3.8, 4) is 5.75 Å². The van der Waals surface area contributed by atoms with E-state index in [1.807, 2.05) is 0 Å². The average Bonchev–Trinajstić information content (AvgIpc) is 3.04. The maximum absolute atomic E-state index is 13.7. The number of hydrogen-bond acceptors (Lipinski definition) is 5. The van der Waals surface area contributed by atoms with E-state index in [0.717, 1.165) is 6.07 Å². The molecule has 11 heteroatoms. The van der Waals surface area contributed by atoms with Gasteiger partial charge in [0.15, 0.2) is 17.7 Å². The molecule has 0 spiro atoms. The van der Waals surface area contributed by atoms with Crippen molar-refractivity contribution in [3.63, 3.8) is 0 Å². The number of aromatic hydroxyl groups is 1. The third kappa shape index (κ3) is 3.76. The fourth-order valence-corrected chi connectivity index (χ4v) is 3.57. The number of nitrogens with one attached hydrogen (secondary N) is 1. The fraction of sp³-hybridized carbons (Fsp3) is 0.316. The summed E-state index contributed by atoms with van der Waals surface area (Å²) in [4.78, 5) is 39.1. The van der Waals surface area contributed by atoms with Crippen LogP contribution in [0, 0.1) is 11.6 Å². The van der Waals surface area contributed by atoms with Crippen molar-refractivity contribution in [3.05, 3.63) is 63.1 Å². The number of fused-ring (bicyclic) bond motifs is 2. The molecule has 0 radical (unpaired) electrons. The fourth-order valence-electron chi connectivity index (χ4n) is 3.57. The molecule has 2 atom stereocenters.